The van der Waals surface area contributed by atoms with Gasteiger partial charge in [-0.05, 0) is 32.7 Å². The normalized spacial score (nSPS) is 24.3. The van der Waals surface area contributed by atoms with E-state index in [4.69, 9.17) is 0 Å². The minimum Gasteiger partial charge on any atom is -0.338 e. The van der Waals surface area contributed by atoms with Gasteiger partial charge in [0.15, 0.2) is 0 Å². The molecule has 0 spiro atoms. The first kappa shape index (κ1) is 12.5. The SMILES string of the molecule is CCCC(CC)N1CCCC(NC)C1=O. The highest BCUT2D eigenvalue weighted by atomic mass is 16.2. The number of amides is 1. The fourth-order valence-electron chi connectivity index (χ4n) is 2.44. The summed E-state index contributed by atoms with van der Waals surface area (Å²) in [6.07, 6.45) is 5.51. The molecule has 1 aliphatic heterocycles. The molecule has 2 atom stereocenters. The quantitative estimate of drug-likeness (QED) is 0.753. The minimum atomic E-state index is 0.0599. The standard InChI is InChI=1S/C12H24N2O/c1-4-7-10(5-2)14-9-6-8-11(13-3)12(14)15/h10-11,13H,4-9H2,1-3H3. The van der Waals surface area contributed by atoms with Crippen LogP contribution in [0.25, 0.3) is 0 Å². The summed E-state index contributed by atoms with van der Waals surface area (Å²) in [4.78, 5) is 14.2. The average Bonchev–Trinajstić information content (AvgIpc) is 2.27. The molecule has 0 bridgehead atoms. The lowest BCUT2D eigenvalue weighted by atomic mass is 9.99. The number of nitrogens with zero attached hydrogens (tertiary/aromatic N) is 1. The van der Waals surface area contributed by atoms with Crippen LogP contribution in [0.3, 0.4) is 0 Å². The molecule has 88 valence electrons. The van der Waals surface area contributed by atoms with E-state index < -0.39 is 0 Å². The van der Waals surface area contributed by atoms with E-state index in [1.54, 1.807) is 0 Å². The van der Waals surface area contributed by atoms with Crippen LogP contribution in [0.2, 0.25) is 0 Å². The molecule has 0 radical (unpaired) electrons. The molecule has 1 aliphatic rings. The van der Waals surface area contributed by atoms with Gasteiger partial charge in [-0.15, -0.1) is 0 Å². The Morgan fingerprint density at radius 3 is 2.80 bits per heavy atom. The molecular formula is C12H24N2O. The van der Waals surface area contributed by atoms with Crippen LogP contribution in [0.5, 0.6) is 0 Å². The zero-order valence-corrected chi connectivity index (χ0v) is 10.3. The number of carbonyl (C=O) groups is 1. The summed E-state index contributed by atoms with van der Waals surface area (Å²) < 4.78 is 0. The van der Waals surface area contributed by atoms with Crippen LogP contribution in [0.1, 0.15) is 46.0 Å². The molecule has 2 unspecified atom stereocenters. The summed E-state index contributed by atoms with van der Waals surface area (Å²) in [6, 6.07) is 0.517. The van der Waals surface area contributed by atoms with Crippen LogP contribution in [-0.4, -0.2) is 36.5 Å². The van der Waals surface area contributed by atoms with Gasteiger partial charge in [0.1, 0.15) is 0 Å². The van der Waals surface area contributed by atoms with Crippen molar-refractivity contribution >= 4 is 5.91 Å². The van der Waals surface area contributed by atoms with Crippen molar-refractivity contribution < 1.29 is 4.79 Å². The van der Waals surface area contributed by atoms with Crippen LogP contribution in [0, 0.1) is 0 Å². The summed E-state index contributed by atoms with van der Waals surface area (Å²) >= 11 is 0. The maximum atomic E-state index is 12.1. The molecule has 0 aliphatic carbocycles. The van der Waals surface area contributed by atoms with Crippen molar-refractivity contribution in [1.82, 2.24) is 10.2 Å². The second-order valence-corrected chi connectivity index (χ2v) is 4.37. The van der Waals surface area contributed by atoms with Gasteiger partial charge in [-0.1, -0.05) is 20.3 Å². The van der Waals surface area contributed by atoms with Crippen molar-refractivity contribution in [3.8, 4) is 0 Å². The summed E-state index contributed by atoms with van der Waals surface area (Å²) in [5, 5.41) is 3.11. The van der Waals surface area contributed by atoms with Crippen molar-refractivity contribution in [2.24, 2.45) is 0 Å². The molecular weight excluding hydrogens is 188 g/mol. The first-order chi connectivity index (χ1) is 7.24. The van der Waals surface area contributed by atoms with E-state index in [9.17, 15) is 4.79 Å². The Bertz CT molecular complexity index is 206. The minimum absolute atomic E-state index is 0.0599. The number of carbonyl (C=O) groups excluding carboxylic acids is 1. The third kappa shape index (κ3) is 2.94. The third-order valence-electron chi connectivity index (χ3n) is 3.36. The van der Waals surface area contributed by atoms with Crippen LogP contribution in [0.15, 0.2) is 0 Å². The van der Waals surface area contributed by atoms with Gasteiger partial charge in [0.25, 0.3) is 0 Å². The number of hydrogen-bond donors (Lipinski definition) is 1. The molecule has 1 rings (SSSR count). The van der Waals surface area contributed by atoms with E-state index in [2.05, 4.69) is 24.1 Å². The Labute approximate surface area is 93.2 Å². The van der Waals surface area contributed by atoms with Gasteiger partial charge >= 0.3 is 0 Å². The Hall–Kier alpha value is -0.570. The zero-order chi connectivity index (χ0) is 11.3. The first-order valence-corrected chi connectivity index (χ1v) is 6.22. The molecule has 3 nitrogen and oxygen atoms in total. The second kappa shape index (κ2) is 6.11. The number of nitrogens with one attached hydrogen (secondary N) is 1. The fourth-order valence-corrected chi connectivity index (χ4v) is 2.44. The molecule has 0 aromatic carbocycles. The molecule has 1 amide bonds. The summed E-state index contributed by atoms with van der Waals surface area (Å²) in [6.45, 7) is 5.32. The second-order valence-electron chi connectivity index (χ2n) is 4.37. The first-order valence-electron chi connectivity index (χ1n) is 6.22. The molecule has 1 saturated heterocycles. The average molecular weight is 212 g/mol. The Morgan fingerprint density at radius 1 is 1.53 bits per heavy atom. The number of hydrogen-bond acceptors (Lipinski definition) is 2. The highest BCUT2D eigenvalue weighted by Crippen LogP contribution is 2.19. The highest BCUT2D eigenvalue weighted by molar-refractivity contribution is 5.82. The van der Waals surface area contributed by atoms with E-state index in [1.165, 1.54) is 0 Å². The zero-order valence-electron chi connectivity index (χ0n) is 10.3. The van der Waals surface area contributed by atoms with Crippen LogP contribution >= 0.6 is 0 Å². The Balaban J connectivity index is 2.62. The van der Waals surface area contributed by atoms with E-state index in [-0.39, 0.29) is 6.04 Å². The lowest BCUT2D eigenvalue weighted by Crippen LogP contribution is -2.53. The van der Waals surface area contributed by atoms with Gasteiger partial charge in [0, 0.05) is 12.6 Å². The molecule has 1 N–H and O–H groups in total. The number of likely N-dealkylation sites (N-methyl/N-ethyl adjacent to an activating group) is 1. The predicted molar refractivity (Wildman–Crippen MR) is 62.8 cm³/mol. The Kier molecular flexibility index (Phi) is 5.09. The molecule has 1 heterocycles. The lowest BCUT2D eigenvalue weighted by Gasteiger charge is -2.37. The molecule has 0 saturated carbocycles. The van der Waals surface area contributed by atoms with E-state index in [0.717, 1.165) is 38.6 Å². The van der Waals surface area contributed by atoms with Crippen molar-refractivity contribution in [3.63, 3.8) is 0 Å². The summed E-state index contributed by atoms with van der Waals surface area (Å²) in [7, 11) is 1.88. The summed E-state index contributed by atoms with van der Waals surface area (Å²) in [5.74, 6) is 0.309. The largest absolute Gasteiger partial charge is 0.338 e. The highest BCUT2D eigenvalue weighted by Gasteiger charge is 2.30. The summed E-state index contributed by atoms with van der Waals surface area (Å²) in [5.41, 5.74) is 0. The molecule has 15 heavy (non-hydrogen) atoms. The maximum absolute atomic E-state index is 12.1. The van der Waals surface area contributed by atoms with Crippen LogP contribution in [0.4, 0.5) is 0 Å². The van der Waals surface area contributed by atoms with Gasteiger partial charge in [-0.2, -0.15) is 0 Å². The van der Waals surface area contributed by atoms with Gasteiger partial charge in [-0.3, -0.25) is 4.79 Å². The Morgan fingerprint density at radius 2 is 2.27 bits per heavy atom. The number of likely N-dealkylation sites (tertiary alicyclic amines) is 1. The topological polar surface area (TPSA) is 32.3 Å². The smallest absolute Gasteiger partial charge is 0.239 e. The molecule has 0 aromatic heterocycles. The van der Waals surface area contributed by atoms with Crippen LogP contribution < -0.4 is 5.32 Å². The predicted octanol–water partition coefficient (Wildman–Crippen LogP) is 1.78. The van der Waals surface area contributed by atoms with E-state index in [1.807, 2.05) is 7.05 Å². The van der Waals surface area contributed by atoms with E-state index in [0.29, 0.717) is 11.9 Å². The van der Waals surface area contributed by atoms with Crippen LogP contribution in [-0.2, 0) is 4.79 Å². The van der Waals surface area contributed by atoms with Gasteiger partial charge in [-0.25, -0.2) is 0 Å². The van der Waals surface area contributed by atoms with Gasteiger partial charge in [0.05, 0.1) is 6.04 Å². The van der Waals surface area contributed by atoms with Crippen molar-refractivity contribution in [2.75, 3.05) is 13.6 Å². The molecule has 3 heteroatoms. The van der Waals surface area contributed by atoms with Crippen molar-refractivity contribution in [3.05, 3.63) is 0 Å². The van der Waals surface area contributed by atoms with E-state index >= 15 is 0 Å². The van der Waals surface area contributed by atoms with Gasteiger partial charge < -0.3 is 10.2 Å². The van der Waals surface area contributed by atoms with Crippen molar-refractivity contribution in [1.29, 1.82) is 0 Å². The van der Waals surface area contributed by atoms with Gasteiger partial charge in [0.2, 0.25) is 5.91 Å². The fraction of sp³-hybridized carbons (Fsp3) is 0.917. The number of rotatable bonds is 5. The molecule has 0 aromatic rings. The monoisotopic (exact) mass is 212 g/mol. The third-order valence-corrected chi connectivity index (χ3v) is 3.36. The van der Waals surface area contributed by atoms with Crippen molar-refractivity contribution in [2.45, 2.75) is 58.0 Å². The molecule has 1 fully saturated rings. The maximum Gasteiger partial charge on any atom is 0.239 e. The lowest BCUT2D eigenvalue weighted by molar-refractivity contribution is -0.138. The number of piperidine rings is 1.